The molecule has 0 radical (unpaired) electrons. The van der Waals surface area contributed by atoms with Crippen LogP contribution in [0.15, 0.2) is 180 Å². The first-order valence-corrected chi connectivity index (χ1v) is 17.5. The molecule has 0 saturated carbocycles. The van der Waals surface area contributed by atoms with Crippen molar-refractivity contribution >= 4 is 11.8 Å². The Hall–Kier alpha value is -6.17. The minimum atomic E-state index is -0.398. The van der Waals surface area contributed by atoms with E-state index in [9.17, 15) is 0 Å². The molecule has 0 saturated heterocycles. The fourth-order valence-corrected chi connectivity index (χ4v) is 8.90. The van der Waals surface area contributed by atoms with Crippen LogP contribution in [-0.4, -0.2) is 19.9 Å². The Morgan fingerprint density at radius 2 is 0.860 bits per heavy atom. The Bertz CT molecular complexity index is 2480. The molecule has 4 nitrogen and oxygen atoms in total. The van der Waals surface area contributed by atoms with Gasteiger partial charge in [0, 0.05) is 26.5 Å². The molecule has 50 heavy (non-hydrogen) atoms. The predicted molar refractivity (Wildman–Crippen MR) is 201 cm³/mol. The van der Waals surface area contributed by atoms with Crippen LogP contribution in [-0.2, 0) is 5.41 Å². The predicted octanol–water partition coefficient (Wildman–Crippen LogP) is 10.8. The summed E-state index contributed by atoms with van der Waals surface area (Å²) in [7, 11) is 0. The molecule has 234 valence electrons. The third-order valence-corrected chi connectivity index (χ3v) is 11.0. The van der Waals surface area contributed by atoms with Crippen molar-refractivity contribution in [2.24, 2.45) is 0 Å². The molecule has 0 fully saturated rings. The zero-order valence-corrected chi connectivity index (χ0v) is 27.7. The molecule has 0 atom stereocenters. The van der Waals surface area contributed by atoms with Crippen LogP contribution >= 0.6 is 11.8 Å². The fraction of sp³-hybridized carbons (Fsp3) is 0.0222. The standard InChI is InChI=1S/C45H28N4S/c1-3-14-29(15-4-1)42-47-43(30-16-5-2-6-17-30)49-44(48-42)39-24-13-23-38(46-39)31-26-27-37-41(28-31)50-40-25-12-11-22-36(40)45(37)34-20-9-7-18-32(34)33-19-8-10-21-35(33)45/h1-28H. The Morgan fingerprint density at radius 1 is 0.340 bits per heavy atom. The molecule has 5 heteroatoms. The Morgan fingerprint density at radius 3 is 1.52 bits per heavy atom. The molecule has 0 bridgehead atoms. The van der Waals surface area contributed by atoms with Gasteiger partial charge >= 0.3 is 0 Å². The van der Waals surface area contributed by atoms with Gasteiger partial charge in [0.25, 0.3) is 0 Å². The van der Waals surface area contributed by atoms with E-state index in [1.807, 2.05) is 84.6 Å². The third-order valence-electron chi connectivity index (χ3n) is 9.82. The second-order valence-corrected chi connectivity index (χ2v) is 13.7. The summed E-state index contributed by atoms with van der Waals surface area (Å²) in [5.41, 5.74) is 12.0. The van der Waals surface area contributed by atoms with E-state index in [1.165, 1.54) is 43.2 Å². The summed E-state index contributed by atoms with van der Waals surface area (Å²) in [6.07, 6.45) is 0. The van der Waals surface area contributed by atoms with Crippen molar-refractivity contribution in [2.75, 3.05) is 0 Å². The molecule has 0 N–H and O–H groups in total. The van der Waals surface area contributed by atoms with Crippen molar-refractivity contribution in [2.45, 2.75) is 15.2 Å². The fourth-order valence-electron chi connectivity index (χ4n) is 7.66. The van der Waals surface area contributed by atoms with Gasteiger partial charge in [-0.3, -0.25) is 0 Å². The number of fused-ring (bicyclic) bond motifs is 9. The van der Waals surface area contributed by atoms with Gasteiger partial charge in [0.1, 0.15) is 5.69 Å². The summed E-state index contributed by atoms with van der Waals surface area (Å²) in [6, 6.07) is 59.7. The smallest absolute Gasteiger partial charge is 0.182 e. The number of benzene rings is 6. The highest BCUT2D eigenvalue weighted by Gasteiger charge is 2.50. The zero-order valence-electron chi connectivity index (χ0n) is 26.9. The third kappa shape index (κ3) is 4.40. The molecule has 3 heterocycles. The van der Waals surface area contributed by atoms with E-state index >= 15 is 0 Å². The zero-order chi connectivity index (χ0) is 33.1. The van der Waals surface area contributed by atoms with Gasteiger partial charge in [-0.2, -0.15) is 0 Å². The van der Waals surface area contributed by atoms with Gasteiger partial charge < -0.3 is 0 Å². The summed E-state index contributed by atoms with van der Waals surface area (Å²) < 4.78 is 0. The Labute approximate surface area is 294 Å². The molecule has 1 aliphatic carbocycles. The highest BCUT2D eigenvalue weighted by Crippen LogP contribution is 2.62. The molecule has 1 spiro atoms. The summed E-state index contributed by atoms with van der Waals surface area (Å²) in [5.74, 6) is 1.78. The van der Waals surface area contributed by atoms with Gasteiger partial charge in [0.15, 0.2) is 17.5 Å². The van der Waals surface area contributed by atoms with Crippen LogP contribution in [0.2, 0.25) is 0 Å². The van der Waals surface area contributed by atoms with Gasteiger partial charge in [-0.05, 0) is 57.6 Å². The SMILES string of the molecule is c1ccc(-c2nc(-c3ccccc3)nc(-c3cccc(-c4ccc5c(c4)Sc4ccccc4C54c5ccccc5-c5ccccc54)n3)n2)cc1. The molecular formula is C45H28N4S. The van der Waals surface area contributed by atoms with Crippen LogP contribution < -0.4 is 0 Å². The summed E-state index contributed by atoms with van der Waals surface area (Å²) in [6.45, 7) is 0. The van der Waals surface area contributed by atoms with Crippen molar-refractivity contribution in [1.29, 1.82) is 0 Å². The average molecular weight is 657 g/mol. The van der Waals surface area contributed by atoms with Crippen molar-refractivity contribution in [3.05, 3.63) is 192 Å². The van der Waals surface area contributed by atoms with Crippen LogP contribution in [0, 0.1) is 0 Å². The van der Waals surface area contributed by atoms with Crippen LogP contribution in [0.3, 0.4) is 0 Å². The molecule has 0 unspecified atom stereocenters. The molecule has 10 rings (SSSR count). The van der Waals surface area contributed by atoms with Crippen molar-refractivity contribution in [3.63, 3.8) is 0 Å². The number of rotatable bonds is 4. The molecular weight excluding hydrogens is 629 g/mol. The molecule has 2 aliphatic rings. The topological polar surface area (TPSA) is 51.6 Å². The van der Waals surface area contributed by atoms with E-state index < -0.39 is 5.41 Å². The number of aromatic nitrogens is 4. The van der Waals surface area contributed by atoms with Crippen molar-refractivity contribution < 1.29 is 0 Å². The average Bonchev–Trinajstić information content (AvgIpc) is 3.49. The monoisotopic (exact) mass is 656 g/mol. The summed E-state index contributed by atoms with van der Waals surface area (Å²) in [4.78, 5) is 22.4. The maximum Gasteiger partial charge on any atom is 0.182 e. The van der Waals surface area contributed by atoms with E-state index in [4.69, 9.17) is 19.9 Å². The van der Waals surface area contributed by atoms with E-state index in [1.54, 1.807) is 0 Å². The first kappa shape index (κ1) is 28.8. The lowest BCUT2D eigenvalue weighted by Gasteiger charge is -2.39. The largest absolute Gasteiger partial charge is 0.244 e. The minimum absolute atomic E-state index is 0.398. The number of hydrogen-bond acceptors (Lipinski definition) is 5. The first-order valence-electron chi connectivity index (χ1n) is 16.7. The van der Waals surface area contributed by atoms with Crippen LogP contribution in [0.4, 0.5) is 0 Å². The minimum Gasteiger partial charge on any atom is -0.244 e. The van der Waals surface area contributed by atoms with Crippen LogP contribution in [0.5, 0.6) is 0 Å². The lowest BCUT2D eigenvalue weighted by Crippen LogP contribution is -2.31. The van der Waals surface area contributed by atoms with Gasteiger partial charge in [-0.1, -0.05) is 157 Å². The van der Waals surface area contributed by atoms with E-state index in [2.05, 4.69) is 97.1 Å². The van der Waals surface area contributed by atoms with E-state index in [0.717, 1.165) is 22.4 Å². The first-order chi connectivity index (χ1) is 24.8. The van der Waals surface area contributed by atoms with Crippen molar-refractivity contribution in [1.82, 2.24) is 19.9 Å². The number of pyridine rings is 1. The van der Waals surface area contributed by atoms with Crippen molar-refractivity contribution in [3.8, 4) is 56.7 Å². The van der Waals surface area contributed by atoms with E-state index in [0.29, 0.717) is 23.2 Å². The van der Waals surface area contributed by atoms with Crippen LogP contribution in [0.1, 0.15) is 22.3 Å². The van der Waals surface area contributed by atoms with Crippen LogP contribution in [0.25, 0.3) is 56.7 Å². The van der Waals surface area contributed by atoms with Gasteiger partial charge in [0.2, 0.25) is 0 Å². The molecule has 1 aliphatic heterocycles. The summed E-state index contributed by atoms with van der Waals surface area (Å²) in [5, 5.41) is 0. The van der Waals surface area contributed by atoms with Gasteiger partial charge in [-0.25, -0.2) is 19.9 Å². The van der Waals surface area contributed by atoms with E-state index in [-0.39, 0.29) is 0 Å². The summed E-state index contributed by atoms with van der Waals surface area (Å²) >= 11 is 1.84. The highest BCUT2D eigenvalue weighted by atomic mass is 32.2. The molecule has 6 aromatic carbocycles. The lowest BCUT2D eigenvalue weighted by atomic mass is 9.67. The number of nitrogens with zero attached hydrogens (tertiary/aromatic N) is 4. The maximum absolute atomic E-state index is 5.17. The second-order valence-electron chi connectivity index (χ2n) is 12.6. The maximum atomic E-state index is 5.17. The lowest BCUT2D eigenvalue weighted by molar-refractivity contribution is 0.722. The Balaban J connectivity index is 1.12. The quantitative estimate of drug-likeness (QED) is 0.189. The van der Waals surface area contributed by atoms with Gasteiger partial charge in [0.05, 0.1) is 11.1 Å². The molecule has 2 aromatic heterocycles. The normalized spacial score (nSPS) is 13.3. The molecule has 0 amide bonds. The Kier molecular flexibility index (Phi) is 6.61. The highest BCUT2D eigenvalue weighted by molar-refractivity contribution is 7.99. The number of hydrogen-bond donors (Lipinski definition) is 0. The second kappa shape index (κ2) is 11.5. The van der Waals surface area contributed by atoms with Gasteiger partial charge in [-0.15, -0.1) is 0 Å². The molecule has 8 aromatic rings.